The lowest BCUT2D eigenvalue weighted by Crippen LogP contribution is -1.90. The van der Waals surface area contributed by atoms with Crippen molar-refractivity contribution in [2.75, 3.05) is 5.73 Å². The molecule has 1 heterocycles. The highest BCUT2D eigenvalue weighted by atomic mass is 79.9. The summed E-state index contributed by atoms with van der Waals surface area (Å²) in [5.74, 6) is 0.862. The quantitative estimate of drug-likeness (QED) is 0.661. The van der Waals surface area contributed by atoms with Gasteiger partial charge in [-0.25, -0.2) is 4.98 Å². The second-order valence-electron chi connectivity index (χ2n) is 4.78. The monoisotopic (exact) mass is 315 g/mol. The number of nitrogens with zero attached hydrogens (tertiary/aromatic N) is 1. The number of nitrogen functional groups attached to an aromatic ring is 1. The van der Waals surface area contributed by atoms with Crippen LogP contribution in [0.25, 0.3) is 22.4 Å². The van der Waals surface area contributed by atoms with Crippen LogP contribution in [0.1, 0.15) is 11.1 Å². The van der Waals surface area contributed by atoms with Crippen LogP contribution < -0.4 is 5.73 Å². The molecule has 0 radical (unpaired) electrons. The van der Waals surface area contributed by atoms with Crippen molar-refractivity contribution < 1.29 is 0 Å². The predicted molar refractivity (Wildman–Crippen MR) is 83.1 cm³/mol. The van der Waals surface area contributed by atoms with Gasteiger partial charge in [-0.1, -0.05) is 22.0 Å². The van der Waals surface area contributed by atoms with E-state index in [1.54, 1.807) is 0 Å². The predicted octanol–water partition coefficient (Wildman–Crippen LogP) is 4.19. The Morgan fingerprint density at radius 3 is 2.68 bits per heavy atom. The standard InChI is InChI=1S/C15H14BrN3/c1-8-3-4-11(17)7-12(8)15-18-13-6-10(16)5-9(2)14(13)19-15/h3-7H,17H2,1-2H3,(H,18,19). The Hall–Kier alpha value is -1.81. The van der Waals surface area contributed by atoms with Crippen molar-refractivity contribution in [2.24, 2.45) is 0 Å². The summed E-state index contributed by atoms with van der Waals surface area (Å²) in [5.41, 5.74) is 12.0. The summed E-state index contributed by atoms with van der Waals surface area (Å²) in [4.78, 5) is 8.06. The number of benzene rings is 2. The van der Waals surface area contributed by atoms with E-state index < -0.39 is 0 Å². The molecule has 0 unspecified atom stereocenters. The molecular weight excluding hydrogens is 302 g/mol. The highest BCUT2D eigenvalue weighted by Crippen LogP contribution is 2.28. The molecule has 0 fully saturated rings. The van der Waals surface area contributed by atoms with Gasteiger partial charge >= 0.3 is 0 Å². The largest absolute Gasteiger partial charge is 0.399 e. The third kappa shape index (κ3) is 2.12. The molecule has 3 aromatic rings. The Morgan fingerprint density at radius 1 is 1.11 bits per heavy atom. The van der Waals surface area contributed by atoms with Crippen molar-refractivity contribution in [3.8, 4) is 11.4 Å². The Bertz CT molecular complexity index is 774. The van der Waals surface area contributed by atoms with Crippen molar-refractivity contribution in [2.45, 2.75) is 13.8 Å². The number of nitrogens with one attached hydrogen (secondary N) is 1. The normalized spacial score (nSPS) is 11.1. The molecule has 0 aliphatic rings. The number of aromatic nitrogens is 2. The molecule has 0 aliphatic heterocycles. The molecular formula is C15H14BrN3. The molecule has 3 rings (SSSR count). The van der Waals surface area contributed by atoms with Crippen molar-refractivity contribution in [1.82, 2.24) is 9.97 Å². The number of hydrogen-bond donors (Lipinski definition) is 2. The van der Waals surface area contributed by atoms with Crippen LogP contribution in [0.15, 0.2) is 34.8 Å². The first-order valence-electron chi connectivity index (χ1n) is 6.07. The fraction of sp³-hybridized carbons (Fsp3) is 0.133. The molecule has 2 aromatic carbocycles. The molecule has 0 aliphatic carbocycles. The highest BCUT2D eigenvalue weighted by Gasteiger charge is 2.10. The van der Waals surface area contributed by atoms with Gasteiger partial charge in [0.05, 0.1) is 11.0 Å². The summed E-state index contributed by atoms with van der Waals surface area (Å²) in [5, 5.41) is 0. The van der Waals surface area contributed by atoms with E-state index in [4.69, 9.17) is 10.7 Å². The molecule has 0 amide bonds. The zero-order valence-electron chi connectivity index (χ0n) is 10.8. The van der Waals surface area contributed by atoms with Gasteiger partial charge in [0.2, 0.25) is 0 Å². The van der Waals surface area contributed by atoms with E-state index in [2.05, 4.69) is 40.8 Å². The molecule has 1 aromatic heterocycles. The molecule has 19 heavy (non-hydrogen) atoms. The topological polar surface area (TPSA) is 54.7 Å². The maximum Gasteiger partial charge on any atom is 0.138 e. The van der Waals surface area contributed by atoms with E-state index in [1.165, 1.54) is 0 Å². The van der Waals surface area contributed by atoms with E-state index in [0.717, 1.165) is 43.7 Å². The lowest BCUT2D eigenvalue weighted by molar-refractivity contribution is 1.30. The summed E-state index contributed by atoms with van der Waals surface area (Å²) < 4.78 is 1.05. The van der Waals surface area contributed by atoms with Crippen LogP contribution in [-0.2, 0) is 0 Å². The lowest BCUT2D eigenvalue weighted by Gasteiger charge is -2.03. The van der Waals surface area contributed by atoms with Gasteiger partial charge in [0, 0.05) is 15.7 Å². The van der Waals surface area contributed by atoms with Crippen LogP contribution in [0, 0.1) is 13.8 Å². The minimum absolute atomic E-state index is 0.749. The molecule has 96 valence electrons. The zero-order chi connectivity index (χ0) is 13.6. The van der Waals surface area contributed by atoms with Crippen LogP contribution in [0.2, 0.25) is 0 Å². The van der Waals surface area contributed by atoms with Crippen LogP contribution in [0.3, 0.4) is 0 Å². The zero-order valence-corrected chi connectivity index (χ0v) is 12.4. The summed E-state index contributed by atoms with van der Waals surface area (Å²) in [6.07, 6.45) is 0. The summed E-state index contributed by atoms with van der Waals surface area (Å²) in [6, 6.07) is 9.99. The van der Waals surface area contributed by atoms with Gasteiger partial charge in [-0.2, -0.15) is 0 Å². The molecule has 0 bridgehead atoms. The van der Waals surface area contributed by atoms with Crippen LogP contribution in [-0.4, -0.2) is 9.97 Å². The van der Waals surface area contributed by atoms with Gasteiger partial charge in [-0.3, -0.25) is 0 Å². The van der Waals surface area contributed by atoms with E-state index in [9.17, 15) is 0 Å². The average Bonchev–Trinajstić information content (AvgIpc) is 2.76. The third-order valence-electron chi connectivity index (χ3n) is 3.26. The minimum Gasteiger partial charge on any atom is -0.399 e. The summed E-state index contributed by atoms with van der Waals surface area (Å²) >= 11 is 3.51. The third-order valence-corrected chi connectivity index (χ3v) is 3.72. The molecule has 0 saturated heterocycles. The number of aryl methyl sites for hydroxylation is 2. The van der Waals surface area contributed by atoms with Gasteiger partial charge < -0.3 is 10.7 Å². The number of hydrogen-bond acceptors (Lipinski definition) is 2. The summed E-state index contributed by atoms with van der Waals surface area (Å²) in [7, 11) is 0. The first kappa shape index (κ1) is 12.2. The number of anilines is 1. The van der Waals surface area contributed by atoms with Gasteiger partial charge in [0.1, 0.15) is 5.82 Å². The van der Waals surface area contributed by atoms with E-state index in [-0.39, 0.29) is 0 Å². The maximum atomic E-state index is 5.86. The Kier molecular flexibility index (Phi) is 2.82. The van der Waals surface area contributed by atoms with Crippen LogP contribution in [0.4, 0.5) is 5.69 Å². The van der Waals surface area contributed by atoms with Crippen LogP contribution >= 0.6 is 15.9 Å². The smallest absolute Gasteiger partial charge is 0.138 e. The molecule has 3 N–H and O–H groups in total. The summed E-state index contributed by atoms with van der Waals surface area (Å²) in [6.45, 7) is 4.12. The molecule has 0 saturated carbocycles. The number of H-pyrrole nitrogens is 1. The number of aromatic amines is 1. The van der Waals surface area contributed by atoms with E-state index >= 15 is 0 Å². The number of halogens is 1. The fourth-order valence-electron chi connectivity index (χ4n) is 2.27. The van der Waals surface area contributed by atoms with Crippen molar-refractivity contribution >= 4 is 32.7 Å². The van der Waals surface area contributed by atoms with E-state index in [1.807, 2.05) is 24.3 Å². The van der Waals surface area contributed by atoms with Crippen LogP contribution in [0.5, 0.6) is 0 Å². The maximum absolute atomic E-state index is 5.86. The minimum atomic E-state index is 0.749. The van der Waals surface area contributed by atoms with Gasteiger partial charge in [0.25, 0.3) is 0 Å². The fourth-order valence-corrected chi connectivity index (χ4v) is 2.84. The Morgan fingerprint density at radius 2 is 1.89 bits per heavy atom. The van der Waals surface area contributed by atoms with Crippen molar-refractivity contribution in [1.29, 1.82) is 0 Å². The number of fused-ring (bicyclic) bond motifs is 1. The number of rotatable bonds is 1. The average molecular weight is 316 g/mol. The Balaban J connectivity index is 2.26. The van der Waals surface area contributed by atoms with Crippen molar-refractivity contribution in [3.63, 3.8) is 0 Å². The lowest BCUT2D eigenvalue weighted by atomic mass is 10.1. The molecule has 3 nitrogen and oxygen atoms in total. The number of nitrogens with two attached hydrogens (primary N) is 1. The first-order valence-corrected chi connectivity index (χ1v) is 6.86. The SMILES string of the molecule is Cc1ccc(N)cc1-c1nc2c(C)cc(Br)cc2[nH]1. The Labute approximate surface area is 120 Å². The second-order valence-corrected chi connectivity index (χ2v) is 5.69. The number of imidazole rings is 1. The van der Waals surface area contributed by atoms with Gasteiger partial charge in [-0.15, -0.1) is 0 Å². The molecule has 4 heteroatoms. The van der Waals surface area contributed by atoms with E-state index in [0.29, 0.717) is 0 Å². The van der Waals surface area contributed by atoms with Gasteiger partial charge in [0.15, 0.2) is 0 Å². The molecule has 0 atom stereocenters. The van der Waals surface area contributed by atoms with Gasteiger partial charge in [-0.05, 0) is 49.2 Å². The van der Waals surface area contributed by atoms with Crippen molar-refractivity contribution in [3.05, 3.63) is 45.9 Å². The first-order chi connectivity index (χ1) is 9.04. The highest BCUT2D eigenvalue weighted by molar-refractivity contribution is 9.10. The molecule has 0 spiro atoms. The second kappa shape index (κ2) is 4.38.